The SMILES string of the molecule is O=C(O)/C=C(\c1ccc(F)c(F)c1F)C(F)(F)F. The monoisotopic (exact) mass is 270 g/mol. The fourth-order valence-corrected chi connectivity index (χ4v) is 1.17. The summed E-state index contributed by atoms with van der Waals surface area (Å²) in [5, 5.41) is 8.26. The zero-order valence-corrected chi connectivity index (χ0v) is 8.36. The second-order valence-corrected chi connectivity index (χ2v) is 3.12. The molecule has 0 saturated carbocycles. The molecule has 1 rings (SSSR count). The summed E-state index contributed by atoms with van der Waals surface area (Å²) < 4.78 is 75.9. The van der Waals surface area contributed by atoms with Crippen LogP contribution in [0.4, 0.5) is 26.3 Å². The van der Waals surface area contributed by atoms with Gasteiger partial charge in [0.05, 0.1) is 5.57 Å². The summed E-state index contributed by atoms with van der Waals surface area (Å²) >= 11 is 0. The van der Waals surface area contributed by atoms with Gasteiger partial charge in [0.15, 0.2) is 17.5 Å². The predicted molar refractivity (Wildman–Crippen MR) is 48.0 cm³/mol. The quantitative estimate of drug-likeness (QED) is 0.509. The molecule has 0 spiro atoms. The minimum Gasteiger partial charge on any atom is -0.478 e. The number of allylic oxidation sites excluding steroid dienone is 1. The van der Waals surface area contributed by atoms with E-state index in [1.54, 1.807) is 0 Å². The molecule has 2 nitrogen and oxygen atoms in total. The molecule has 0 aromatic heterocycles. The molecule has 98 valence electrons. The summed E-state index contributed by atoms with van der Waals surface area (Å²) in [6.07, 6.45) is -5.54. The number of aliphatic carboxylic acids is 1. The van der Waals surface area contributed by atoms with E-state index in [-0.39, 0.29) is 12.1 Å². The molecule has 0 saturated heterocycles. The van der Waals surface area contributed by atoms with Crippen molar-refractivity contribution in [2.45, 2.75) is 6.18 Å². The van der Waals surface area contributed by atoms with Crippen molar-refractivity contribution in [2.75, 3.05) is 0 Å². The lowest BCUT2D eigenvalue weighted by Gasteiger charge is -2.12. The molecule has 0 unspecified atom stereocenters. The van der Waals surface area contributed by atoms with Crippen LogP contribution in [0.25, 0.3) is 5.57 Å². The van der Waals surface area contributed by atoms with Crippen LogP contribution in [0.15, 0.2) is 18.2 Å². The molecule has 0 atom stereocenters. The Hall–Kier alpha value is -1.99. The average molecular weight is 270 g/mol. The number of rotatable bonds is 2. The number of carbonyl (C=O) groups is 1. The van der Waals surface area contributed by atoms with Crippen LogP contribution >= 0.6 is 0 Å². The Morgan fingerprint density at radius 1 is 1.11 bits per heavy atom. The van der Waals surface area contributed by atoms with Crippen LogP contribution in [-0.2, 0) is 4.79 Å². The first-order chi connectivity index (χ1) is 8.14. The molecule has 0 aliphatic rings. The van der Waals surface area contributed by atoms with Crippen molar-refractivity contribution in [3.8, 4) is 0 Å². The highest BCUT2D eigenvalue weighted by Gasteiger charge is 2.37. The van der Waals surface area contributed by atoms with Crippen LogP contribution in [0.1, 0.15) is 5.56 Å². The summed E-state index contributed by atoms with van der Waals surface area (Å²) in [5.41, 5.74) is -3.28. The van der Waals surface area contributed by atoms with Gasteiger partial charge in [-0.3, -0.25) is 0 Å². The van der Waals surface area contributed by atoms with Crippen LogP contribution in [0, 0.1) is 17.5 Å². The van der Waals surface area contributed by atoms with Crippen LogP contribution in [0.3, 0.4) is 0 Å². The fraction of sp³-hybridized carbons (Fsp3) is 0.100. The van der Waals surface area contributed by atoms with Crippen molar-refractivity contribution >= 4 is 11.5 Å². The van der Waals surface area contributed by atoms with Crippen LogP contribution in [0.2, 0.25) is 0 Å². The van der Waals surface area contributed by atoms with Gasteiger partial charge < -0.3 is 5.11 Å². The van der Waals surface area contributed by atoms with Crippen LogP contribution in [-0.4, -0.2) is 17.3 Å². The maximum Gasteiger partial charge on any atom is 0.417 e. The first-order valence-corrected chi connectivity index (χ1v) is 4.30. The van der Waals surface area contributed by atoms with E-state index < -0.39 is 40.7 Å². The molecule has 18 heavy (non-hydrogen) atoms. The normalized spacial score (nSPS) is 12.7. The molecule has 0 aliphatic heterocycles. The molecule has 0 fully saturated rings. The van der Waals surface area contributed by atoms with Gasteiger partial charge in [0, 0.05) is 11.6 Å². The Morgan fingerprint density at radius 3 is 2.11 bits per heavy atom. The minimum absolute atomic E-state index is 0.273. The van der Waals surface area contributed by atoms with Crippen molar-refractivity contribution < 1.29 is 36.2 Å². The zero-order chi connectivity index (χ0) is 14.1. The molecule has 0 amide bonds. The van der Waals surface area contributed by atoms with E-state index in [1.165, 1.54) is 0 Å². The van der Waals surface area contributed by atoms with Gasteiger partial charge in [-0.2, -0.15) is 13.2 Å². The zero-order valence-electron chi connectivity index (χ0n) is 8.36. The Morgan fingerprint density at radius 2 is 1.67 bits per heavy atom. The van der Waals surface area contributed by atoms with Crippen molar-refractivity contribution in [1.29, 1.82) is 0 Å². The number of carboxylic acid groups (broad SMARTS) is 1. The molecule has 1 aromatic rings. The van der Waals surface area contributed by atoms with E-state index in [1.807, 2.05) is 0 Å². The summed E-state index contributed by atoms with van der Waals surface area (Å²) in [5.74, 6) is -7.87. The Kier molecular flexibility index (Phi) is 3.68. The van der Waals surface area contributed by atoms with Gasteiger partial charge in [-0.05, 0) is 12.1 Å². The van der Waals surface area contributed by atoms with Crippen molar-refractivity contribution in [1.82, 2.24) is 0 Å². The summed E-state index contributed by atoms with van der Waals surface area (Å²) in [7, 11) is 0. The summed E-state index contributed by atoms with van der Waals surface area (Å²) in [4.78, 5) is 10.2. The number of alkyl halides is 3. The second kappa shape index (κ2) is 4.71. The summed E-state index contributed by atoms with van der Waals surface area (Å²) in [6, 6.07) is 0.588. The second-order valence-electron chi connectivity index (χ2n) is 3.12. The van der Waals surface area contributed by atoms with E-state index in [0.29, 0.717) is 6.07 Å². The Balaban J connectivity index is 3.50. The molecule has 8 heteroatoms. The third-order valence-corrected chi connectivity index (χ3v) is 1.90. The highest BCUT2D eigenvalue weighted by atomic mass is 19.4. The lowest BCUT2D eigenvalue weighted by atomic mass is 10.0. The largest absolute Gasteiger partial charge is 0.478 e. The van der Waals surface area contributed by atoms with E-state index in [0.717, 1.165) is 0 Å². The Labute approximate surface area is 96.2 Å². The molecule has 0 radical (unpaired) electrons. The topological polar surface area (TPSA) is 37.3 Å². The first-order valence-electron chi connectivity index (χ1n) is 4.30. The number of benzene rings is 1. The highest BCUT2D eigenvalue weighted by molar-refractivity contribution is 5.91. The van der Waals surface area contributed by atoms with Crippen molar-refractivity contribution in [2.24, 2.45) is 0 Å². The van der Waals surface area contributed by atoms with Gasteiger partial charge in [0.25, 0.3) is 0 Å². The van der Waals surface area contributed by atoms with Gasteiger partial charge in [-0.25, -0.2) is 18.0 Å². The molecule has 0 aliphatic carbocycles. The van der Waals surface area contributed by atoms with Crippen LogP contribution in [0.5, 0.6) is 0 Å². The van der Waals surface area contributed by atoms with Crippen molar-refractivity contribution in [3.63, 3.8) is 0 Å². The van der Waals surface area contributed by atoms with Gasteiger partial charge in [-0.1, -0.05) is 0 Å². The van der Waals surface area contributed by atoms with Gasteiger partial charge >= 0.3 is 12.1 Å². The van der Waals surface area contributed by atoms with E-state index in [2.05, 4.69) is 0 Å². The number of carboxylic acids is 1. The van der Waals surface area contributed by atoms with E-state index in [4.69, 9.17) is 5.11 Å². The lowest BCUT2D eigenvalue weighted by Crippen LogP contribution is -2.14. The Bertz CT molecular complexity index is 518. The van der Waals surface area contributed by atoms with Crippen molar-refractivity contribution in [3.05, 3.63) is 41.2 Å². The predicted octanol–water partition coefficient (Wildman–Crippen LogP) is 3.13. The highest BCUT2D eigenvalue weighted by Crippen LogP contribution is 2.35. The lowest BCUT2D eigenvalue weighted by molar-refractivity contribution is -0.131. The molecule has 1 aromatic carbocycles. The number of hydrogen-bond donors (Lipinski definition) is 1. The maximum absolute atomic E-state index is 13.1. The molecule has 0 heterocycles. The van der Waals surface area contributed by atoms with Crippen LogP contribution < -0.4 is 0 Å². The molecule has 0 bridgehead atoms. The maximum atomic E-state index is 13.1. The smallest absolute Gasteiger partial charge is 0.417 e. The number of halogens is 6. The number of hydrogen-bond acceptors (Lipinski definition) is 1. The third kappa shape index (κ3) is 2.82. The van der Waals surface area contributed by atoms with E-state index in [9.17, 15) is 31.1 Å². The van der Waals surface area contributed by atoms with Gasteiger partial charge in [0.2, 0.25) is 0 Å². The summed E-state index contributed by atoms with van der Waals surface area (Å²) in [6.45, 7) is 0. The first kappa shape index (κ1) is 14.1. The standard InChI is InChI=1S/C10H4F6O2/c11-6-2-1-4(8(12)9(6)13)5(3-7(17)18)10(14,15)16/h1-3H,(H,17,18)/b5-3+. The molecular weight excluding hydrogens is 266 g/mol. The average Bonchev–Trinajstić information content (AvgIpc) is 2.22. The van der Waals surface area contributed by atoms with Gasteiger partial charge in [0.1, 0.15) is 0 Å². The fourth-order valence-electron chi connectivity index (χ4n) is 1.17. The molecule has 1 N–H and O–H groups in total. The minimum atomic E-state index is -5.22. The van der Waals surface area contributed by atoms with E-state index >= 15 is 0 Å². The van der Waals surface area contributed by atoms with Gasteiger partial charge in [-0.15, -0.1) is 0 Å². The molecular formula is C10H4F6O2. The third-order valence-electron chi connectivity index (χ3n) is 1.90.